The first kappa shape index (κ1) is 27.5. The predicted molar refractivity (Wildman–Crippen MR) is 160 cm³/mol. The minimum absolute atomic E-state index is 0.266. The first-order chi connectivity index (χ1) is 18.5. The third-order valence-corrected chi connectivity index (χ3v) is 7.01. The summed E-state index contributed by atoms with van der Waals surface area (Å²) in [6.45, 7) is 9.59. The number of H-pyrrole nitrogens is 1. The Balaban J connectivity index is 0.000000183. The van der Waals surface area contributed by atoms with E-state index in [1.807, 2.05) is 50.2 Å². The van der Waals surface area contributed by atoms with Gasteiger partial charge < -0.3 is 0 Å². The molecule has 0 unspecified atom stereocenters. The van der Waals surface area contributed by atoms with Crippen molar-refractivity contribution in [2.45, 2.75) is 53.0 Å². The van der Waals surface area contributed by atoms with E-state index in [1.54, 1.807) is 0 Å². The molecule has 38 heavy (non-hydrogen) atoms. The topological polar surface area (TPSA) is 49.0 Å². The first-order valence-electron chi connectivity index (χ1n) is 14.0. The number of ketones is 1. The highest BCUT2D eigenvalue weighted by atomic mass is 16.1. The highest BCUT2D eigenvalue weighted by molar-refractivity contribution is 5.89. The van der Waals surface area contributed by atoms with Crippen LogP contribution < -0.4 is 0 Å². The van der Waals surface area contributed by atoms with E-state index < -0.39 is 0 Å². The van der Waals surface area contributed by atoms with Crippen LogP contribution in [-0.4, -0.2) is 34.0 Å². The molecule has 3 aromatic carbocycles. The maximum atomic E-state index is 10.9. The molecule has 0 atom stereocenters. The first-order valence-corrected chi connectivity index (χ1v) is 14.0. The van der Waals surface area contributed by atoms with E-state index in [-0.39, 0.29) is 5.92 Å². The SMILES string of the molecule is C(=C\c1n[nH]c2ccccc12)/c1ccc(CN2CCCC2)cc1.CC(C)C(=O)C1CC1.Cc1ccccc1. The lowest BCUT2D eigenvalue weighted by Gasteiger charge is -2.14. The van der Waals surface area contributed by atoms with Gasteiger partial charge in [-0.1, -0.05) is 98.3 Å². The zero-order chi connectivity index (χ0) is 26.7. The number of likely N-dealkylation sites (tertiary alicyclic amines) is 1. The summed E-state index contributed by atoms with van der Waals surface area (Å²) < 4.78 is 0. The highest BCUT2D eigenvalue weighted by Gasteiger charge is 2.30. The van der Waals surface area contributed by atoms with Gasteiger partial charge in [0.15, 0.2) is 0 Å². The van der Waals surface area contributed by atoms with Crippen LogP contribution in [0.2, 0.25) is 0 Å². The number of aromatic amines is 1. The van der Waals surface area contributed by atoms with Gasteiger partial charge in [-0.2, -0.15) is 5.10 Å². The van der Waals surface area contributed by atoms with Gasteiger partial charge in [-0.15, -0.1) is 0 Å². The zero-order valence-corrected chi connectivity index (χ0v) is 23.1. The van der Waals surface area contributed by atoms with Crippen molar-refractivity contribution in [1.82, 2.24) is 15.1 Å². The summed E-state index contributed by atoms with van der Waals surface area (Å²) in [6.07, 6.45) is 9.20. The molecule has 1 aliphatic heterocycles. The van der Waals surface area contributed by atoms with Gasteiger partial charge in [0.2, 0.25) is 0 Å². The van der Waals surface area contributed by atoms with Crippen molar-refractivity contribution in [3.63, 3.8) is 0 Å². The average Bonchev–Trinajstić information content (AvgIpc) is 3.51. The van der Waals surface area contributed by atoms with Gasteiger partial charge in [0.1, 0.15) is 5.78 Å². The molecule has 1 aromatic heterocycles. The average molecular weight is 508 g/mol. The maximum Gasteiger partial charge on any atom is 0.138 e. The van der Waals surface area contributed by atoms with E-state index in [9.17, 15) is 4.79 Å². The van der Waals surface area contributed by atoms with Crippen molar-refractivity contribution in [3.05, 3.63) is 101 Å². The summed E-state index contributed by atoms with van der Waals surface area (Å²) >= 11 is 0. The molecule has 0 bridgehead atoms. The Labute approximate surface area is 227 Å². The molecule has 2 fully saturated rings. The molecule has 1 aliphatic carbocycles. The molecule has 4 heteroatoms. The number of aryl methyl sites for hydroxylation is 1. The van der Waals surface area contributed by atoms with E-state index in [2.05, 4.69) is 76.6 Å². The number of aromatic nitrogens is 2. The van der Waals surface area contributed by atoms with Crippen LogP contribution in [0.15, 0.2) is 78.9 Å². The lowest BCUT2D eigenvalue weighted by molar-refractivity contribution is -0.123. The van der Waals surface area contributed by atoms with Gasteiger partial charge in [0.05, 0.1) is 11.2 Å². The quantitative estimate of drug-likeness (QED) is 0.288. The molecule has 1 saturated carbocycles. The Morgan fingerprint density at radius 3 is 2.16 bits per heavy atom. The van der Waals surface area contributed by atoms with Crippen LogP contribution in [0.1, 0.15) is 61.9 Å². The standard InChI is InChI=1S/C20H21N3.C7H12O.C7H8/c1-2-6-19-18(5-1)20(22-21-19)12-11-16-7-9-17(10-8-16)15-23-13-3-4-14-23;1-5(2)7(8)6-3-4-6;1-7-5-3-2-4-6-7/h1-2,5-12H,3-4,13-15H2,(H,21,22);5-6H,3-4H2,1-2H3;2-6H,1H3/b12-11+;;. The van der Waals surface area contributed by atoms with E-state index >= 15 is 0 Å². The number of hydrogen-bond acceptors (Lipinski definition) is 3. The van der Waals surface area contributed by atoms with Crippen LogP contribution in [0.4, 0.5) is 0 Å². The lowest BCUT2D eigenvalue weighted by atomic mass is 10.1. The van der Waals surface area contributed by atoms with Crippen molar-refractivity contribution in [3.8, 4) is 0 Å². The summed E-state index contributed by atoms with van der Waals surface area (Å²) in [5.74, 6) is 1.18. The Morgan fingerprint density at radius 2 is 1.58 bits per heavy atom. The van der Waals surface area contributed by atoms with E-state index in [0.29, 0.717) is 11.7 Å². The minimum Gasteiger partial charge on any atom is -0.299 e. The third kappa shape index (κ3) is 8.53. The molecule has 2 aliphatic rings. The van der Waals surface area contributed by atoms with Crippen molar-refractivity contribution in [1.29, 1.82) is 0 Å². The number of carbonyl (C=O) groups excluding carboxylic acids is 1. The minimum atomic E-state index is 0.266. The number of benzene rings is 3. The van der Waals surface area contributed by atoms with Gasteiger partial charge in [0.25, 0.3) is 0 Å². The number of para-hydroxylation sites is 1. The summed E-state index contributed by atoms with van der Waals surface area (Å²) in [7, 11) is 0. The predicted octanol–water partition coefficient (Wildman–Crippen LogP) is 7.95. The second-order valence-electron chi connectivity index (χ2n) is 10.7. The number of nitrogens with zero attached hydrogens (tertiary/aromatic N) is 2. The molecule has 0 amide bonds. The fraction of sp³-hybridized carbons (Fsp3) is 0.353. The van der Waals surface area contributed by atoms with E-state index in [4.69, 9.17) is 0 Å². The fourth-order valence-corrected chi connectivity index (χ4v) is 4.59. The van der Waals surface area contributed by atoms with Gasteiger partial charge in [0, 0.05) is 23.8 Å². The Hall–Kier alpha value is -3.50. The Morgan fingerprint density at radius 1 is 0.921 bits per heavy atom. The van der Waals surface area contributed by atoms with Crippen LogP contribution in [0.5, 0.6) is 0 Å². The largest absolute Gasteiger partial charge is 0.299 e. The van der Waals surface area contributed by atoms with Gasteiger partial charge in [-0.05, 0) is 69.0 Å². The van der Waals surface area contributed by atoms with Crippen molar-refractivity contribution in [2.75, 3.05) is 13.1 Å². The van der Waals surface area contributed by atoms with E-state index in [0.717, 1.165) is 36.0 Å². The van der Waals surface area contributed by atoms with Crippen LogP contribution >= 0.6 is 0 Å². The lowest BCUT2D eigenvalue weighted by Crippen LogP contribution is -2.18. The number of Topliss-reactive ketones (excluding diaryl/α,β-unsaturated/α-hetero) is 1. The smallest absolute Gasteiger partial charge is 0.138 e. The second-order valence-corrected chi connectivity index (χ2v) is 10.7. The molecule has 4 aromatic rings. The number of hydrogen-bond donors (Lipinski definition) is 1. The molecule has 1 N–H and O–H groups in total. The number of nitrogens with one attached hydrogen (secondary N) is 1. The molecular formula is C34H41N3O. The van der Waals surface area contributed by atoms with Crippen LogP contribution in [0.3, 0.4) is 0 Å². The third-order valence-electron chi connectivity index (χ3n) is 7.01. The Bertz CT molecular complexity index is 1290. The number of carbonyl (C=O) groups is 1. The summed E-state index contributed by atoms with van der Waals surface area (Å²) in [6, 6.07) is 27.3. The molecule has 4 nitrogen and oxygen atoms in total. The second kappa shape index (κ2) is 13.9. The molecule has 6 rings (SSSR count). The van der Waals surface area contributed by atoms with Gasteiger partial charge in [-0.3, -0.25) is 14.8 Å². The highest BCUT2D eigenvalue weighted by Crippen LogP contribution is 2.32. The van der Waals surface area contributed by atoms with Gasteiger partial charge in [-0.25, -0.2) is 0 Å². The molecule has 1 saturated heterocycles. The van der Waals surface area contributed by atoms with Crippen molar-refractivity contribution in [2.24, 2.45) is 11.8 Å². The molecular weight excluding hydrogens is 466 g/mol. The van der Waals surface area contributed by atoms with Gasteiger partial charge >= 0.3 is 0 Å². The van der Waals surface area contributed by atoms with E-state index in [1.165, 1.54) is 42.6 Å². The zero-order valence-electron chi connectivity index (χ0n) is 23.1. The summed E-state index contributed by atoms with van der Waals surface area (Å²) in [5, 5.41) is 8.61. The Kier molecular flexibility index (Phi) is 10.1. The van der Waals surface area contributed by atoms with Crippen molar-refractivity contribution >= 4 is 28.8 Å². The number of rotatable bonds is 6. The molecule has 2 heterocycles. The molecule has 0 spiro atoms. The van der Waals surface area contributed by atoms with Crippen LogP contribution in [0.25, 0.3) is 23.1 Å². The van der Waals surface area contributed by atoms with Crippen LogP contribution in [0, 0.1) is 18.8 Å². The number of fused-ring (bicyclic) bond motifs is 1. The monoisotopic (exact) mass is 507 g/mol. The van der Waals surface area contributed by atoms with Crippen molar-refractivity contribution < 1.29 is 4.79 Å². The fourth-order valence-electron chi connectivity index (χ4n) is 4.59. The molecule has 198 valence electrons. The summed E-state index contributed by atoms with van der Waals surface area (Å²) in [4.78, 5) is 13.4. The normalized spacial score (nSPS) is 15.3. The van der Waals surface area contributed by atoms with Crippen LogP contribution in [-0.2, 0) is 11.3 Å². The maximum absolute atomic E-state index is 10.9. The summed E-state index contributed by atoms with van der Waals surface area (Å²) in [5.41, 5.74) is 5.99. The molecule has 0 radical (unpaired) electrons.